The lowest BCUT2D eigenvalue weighted by Crippen LogP contribution is -2.22. The van der Waals surface area contributed by atoms with Crippen LogP contribution in [0.1, 0.15) is 36.1 Å². The minimum atomic E-state index is -0.359. The molecule has 0 aliphatic heterocycles. The molecule has 0 saturated heterocycles. The van der Waals surface area contributed by atoms with Gasteiger partial charge < -0.3 is 4.74 Å². The van der Waals surface area contributed by atoms with E-state index in [-0.39, 0.29) is 5.97 Å². The quantitative estimate of drug-likeness (QED) is 0.607. The van der Waals surface area contributed by atoms with Gasteiger partial charge in [0.25, 0.3) is 0 Å². The first kappa shape index (κ1) is 12.7. The van der Waals surface area contributed by atoms with Crippen LogP contribution in [0.4, 0.5) is 0 Å². The molecule has 4 heteroatoms. The highest BCUT2D eigenvalue weighted by Crippen LogP contribution is 2.25. The molecule has 4 nitrogen and oxygen atoms in total. The largest absolute Gasteiger partial charge is 0.461 e. The number of esters is 1. The third kappa shape index (κ3) is 3.15. The number of aromatic nitrogens is 2. The second-order valence-electron chi connectivity index (χ2n) is 4.77. The molecule has 0 radical (unpaired) electrons. The molecule has 1 aliphatic carbocycles. The summed E-state index contributed by atoms with van der Waals surface area (Å²) in [5, 5.41) is 0. The van der Waals surface area contributed by atoms with Gasteiger partial charge in [-0.3, -0.25) is 0 Å². The van der Waals surface area contributed by atoms with Crippen molar-refractivity contribution in [2.24, 2.45) is 11.8 Å². The number of ether oxygens (including phenoxy) is 1. The molecular formula is C14H18N2O2. The van der Waals surface area contributed by atoms with Crippen LogP contribution < -0.4 is 0 Å². The van der Waals surface area contributed by atoms with E-state index in [4.69, 9.17) is 4.74 Å². The molecule has 0 N–H and O–H groups in total. The summed E-state index contributed by atoms with van der Waals surface area (Å²) < 4.78 is 5.33. The Bertz CT molecular complexity index is 457. The summed E-state index contributed by atoms with van der Waals surface area (Å²) in [7, 11) is 0. The summed E-state index contributed by atoms with van der Waals surface area (Å²) in [5.41, 5.74) is 0.335. The Morgan fingerprint density at radius 2 is 2.22 bits per heavy atom. The van der Waals surface area contributed by atoms with Gasteiger partial charge in [0, 0.05) is 6.20 Å². The van der Waals surface area contributed by atoms with Crippen LogP contribution in [0.25, 0.3) is 0 Å². The molecule has 1 aromatic heterocycles. The summed E-state index contributed by atoms with van der Waals surface area (Å²) in [4.78, 5) is 19.8. The maximum Gasteiger partial charge on any atom is 0.357 e. The molecule has 2 atom stereocenters. The van der Waals surface area contributed by atoms with Gasteiger partial charge in [-0.1, -0.05) is 19.1 Å². The summed E-state index contributed by atoms with van der Waals surface area (Å²) >= 11 is 0. The summed E-state index contributed by atoms with van der Waals surface area (Å²) in [6.45, 7) is 4.41. The predicted molar refractivity (Wildman–Crippen MR) is 68.1 cm³/mol. The zero-order chi connectivity index (χ0) is 13.0. The molecular weight excluding hydrogens is 228 g/mol. The maximum absolute atomic E-state index is 11.8. The minimum absolute atomic E-state index is 0.335. The van der Waals surface area contributed by atoms with Gasteiger partial charge in [0.05, 0.1) is 6.61 Å². The first-order chi connectivity index (χ1) is 8.66. The summed E-state index contributed by atoms with van der Waals surface area (Å²) in [6, 6.07) is 1.58. The van der Waals surface area contributed by atoms with Crippen molar-refractivity contribution in [3.8, 4) is 0 Å². The number of rotatable bonds is 3. The standard InChI is InChI=1S/C14H18N2O2/c1-10-5-3-4-6-12(10)9-18-14(17)13-7-8-15-11(2)16-13/h3-4,7-8,10,12H,5-6,9H2,1-2H3. The van der Waals surface area contributed by atoms with E-state index < -0.39 is 0 Å². The molecule has 1 heterocycles. The number of hydrogen-bond donors (Lipinski definition) is 0. The molecule has 0 fully saturated rings. The highest BCUT2D eigenvalue weighted by molar-refractivity contribution is 5.87. The van der Waals surface area contributed by atoms with Crippen molar-refractivity contribution < 1.29 is 9.53 Å². The number of carbonyl (C=O) groups excluding carboxylic acids is 1. The van der Waals surface area contributed by atoms with Crippen molar-refractivity contribution in [1.82, 2.24) is 9.97 Å². The molecule has 2 rings (SSSR count). The average molecular weight is 246 g/mol. The van der Waals surface area contributed by atoms with Crippen molar-refractivity contribution in [3.63, 3.8) is 0 Å². The monoisotopic (exact) mass is 246 g/mol. The van der Waals surface area contributed by atoms with Gasteiger partial charge in [-0.25, -0.2) is 14.8 Å². The van der Waals surface area contributed by atoms with Crippen LogP contribution in [-0.4, -0.2) is 22.5 Å². The van der Waals surface area contributed by atoms with E-state index in [9.17, 15) is 4.79 Å². The summed E-state index contributed by atoms with van der Waals surface area (Å²) in [5.74, 6) is 1.21. The van der Waals surface area contributed by atoms with Crippen LogP contribution in [0, 0.1) is 18.8 Å². The Balaban J connectivity index is 1.90. The van der Waals surface area contributed by atoms with Gasteiger partial charge in [-0.05, 0) is 37.7 Å². The van der Waals surface area contributed by atoms with Gasteiger partial charge in [0.1, 0.15) is 5.82 Å². The molecule has 96 valence electrons. The van der Waals surface area contributed by atoms with Crippen LogP contribution >= 0.6 is 0 Å². The minimum Gasteiger partial charge on any atom is -0.461 e. The van der Waals surface area contributed by atoms with Crippen molar-refractivity contribution in [1.29, 1.82) is 0 Å². The zero-order valence-corrected chi connectivity index (χ0v) is 10.8. The zero-order valence-electron chi connectivity index (χ0n) is 10.8. The van der Waals surface area contributed by atoms with Gasteiger partial charge in [-0.2, -0.15) is 0 Å². The van der Waals surface area contributed by atoms with Crippen molar-refractivity contribution in [2.75, 3.05) is 6.61 Å². The smallest absolute Gasteiger partial charge is 0.357 e. The Kier molecular flexibility index (Phi) is 4.07. The van der Waals surface area contributed by atoms with Gasteiger partial charge >= 0.3 is 5.97 Å². The molecule has 0 bridgehead atoms. The first-order valence-corrected chi connectivity index (χ1v) is 6.28. The van der Waals surface area contributed by atoms with E-state index in [0.717, 1.165) is 12.8 Å². The Hall–Kier alpha value is -1.71. The van der Waals surface area contributed by atoms with Crippen LogP contribution in [0.5, 0.6) is 0 Å². The third-order valence-electron chi connectivity index (χ3n) is 3.33. The molecule has 0 amide bonds. The molecule has 1 aromatic rings. The van der Waals surface area contributed by atoms with Crippen molar-refractivity contribution in [2.45, 2.75) is 26.7 Å². The van der Waals surface area contributed by atoms with E-state index >= 15 is 0 Å². The van der Waals surface area contributed by atoms with Crippen molar-refractivity contribution >= 4 is 5.97 Å². The lowest BCUT2D eigenvalue weighted by atomic mass is 9.85. The number of allylic oxidation sites excluding steroid dienone is 2. The Morgan fingerprint density at radius 3 is 2.94 bits per heavy atom. The number of carbonyl (C=O) groups is 1. The Labute approximate surface area is 107 Å². The van der Waals surface area contributed by atoms with E-state index in [2.05, 4.69) is 29.0 Å². The summed E-state index contributed by atoms with van der Waals surface area (Å²) in [6.07, 6.45) is 7.97. The Morgan fingerprint density at radius 1 is 1.44 bits per heavy atom. The van der Waals surface area contributed by atoms with Crippen LogP contribution in [0.3, 0.4) is 0 Å². The van der Waals surface area contributed by atoms with Crippen LogP contribution in [0.15, 0.2) is 24.4 Å². The van der Waals surface area contributed by atoms with E-state index in [0.29, 0.717) is 30.0 Å². The second-order valence-corrected chi connectivity index (χ2v) is 4.77. The lowest BCUT2D eigenvalue weighted by molar-refractivity contribution is 0.0388. The third-order valence-corrected chi connectivity index (χ3v) is 3.33. The van der Waals surface area contributed by atoms with Gasteiger partial charge in [0.15, 0.2) is 5.69 Å². The van der Waals surface area contributed by atoms with Gasteiger partial charge in [0.2, 0.25) is 0 Å². The highest BCUT2D eigenvalue weighted by Gasteiger charge is 2.20. The van der Waals surface area contributed by atoms with Gasteiger partial charge in [-0.15, -0.1) is 0 Å². The van der Waals surface area contributed by atoms with Crippen LogP contribution in [0.2, 0.25) is 0 Å². The number of hydrogen-bond acceptors (Lipinski definition) is 4. The fourth-order valence-corrected chi connectivity index (χ4v) is 2.07. The van der Waals surface area contributed by atoms with Crippen LogP contribution in [-0.2, 0) is 4.74 Å². The SMILES string of the molecule is Cc1nccc(C(=O)OCC2CC=CCC2C)n1. The van der Waals surface area contributed by atoms with E-state index in [1.807, 2.05) is 0 Å². The maximum atomic E-state index is 11.8. The lowest BCUT2D eigenvalue weighted by Gasteiger charge is -2.24. The van der Waals surface area contributed by atoms with E-state index in [1.165, 1.54) is 0 Å². The normalized spacial score (nSPS) is 22.8. The molecule has 0 saturated carbocycles. The molecule has 2 unspecified atom stereocenters. The number of aryl methyl sites for hydroxylation is 1. The molecule has 1 aliphatic rings. The second kappa shape index (κ2) is 5.76. The van der Waals surface area contributed by atoms with Crippen molar-refractivity contribution in [3.05, 3.63) is 35.9 Å². The highest BCUT2D eigenvalue weighted by atomic mass is 16.5. The fourth-order valence-electron chi connectivity index (χ4n) is 2.07. The van der Waals surface area contributed by atoms with E-state index in [1.54, 1.807) is 19.2 Å². The predicted octanol–water partition coefficient (Wildman–Crippen LogP) is 2.54. The number of nitrogens with zero attached hydrogens (tertiary/aromatic N) is 2. The molecule has 18 heavy (non-hydrogen) atoms. The molecule has 0 aromatic carbocycles. The topological polar surface area (TPSA) is 52.1 Å². The average Bonchev–Trinajstić information content (AvgIpc) is 2.37. The first-order valence-electron chi connectivity index (χ1n) is 6.28. The molecule has 0 spiro atoms. The fraction of sp³-hybridized carbons (Fsp3) is 0.500.